The molecule has 0 aliphatic carbocycles. The molecule has 5 N–H and O–H groups in total. The molecule has 1 amide bonds. The second kappa shape index (κ2) is 11.7. The second-order valence-corrected chi connectivity index (χ2v) is 12.6. The number of carbonyl (C=O) groups is 3. The predicted molar refractivity (Wildman–Crippen MR) is 136 cm³/mol. The van der Waals surface area contributed by atoms with Gasteiger partial charge in [-0.15, -0.1) is 11.3 Å². The lowest BCUT2D eigenvalue weighted by Crippen LogP contribution is -2.57. The van der Waals surface area contributed by atoms with Gasteiger partial charge in [-0.2, -0.15) is 13.1 Å². The molecule has 210 valence electrons. The number of hydrogen-bond acceptors (Lipinski definition) is 12. The highest BCUT2D eigenvalue weighted by Crippen LogP contribution is 2.19. The Morgan fingerprint density at radius 2 is 1.62 bits per heavy atom. The van der Waals surface area contributed by atoms with Crippen LogP contribution in [0.15, 0.2) is 10.5 Å². The van der Waals surface area contributed by atoms with E-state index in [0.717, 1.165) is 11.3 Å². The Bertz CT molecular complexity index is 1130. The highest BCUT2D eigenvalue weighted by Gasteiger charge is 2.37. The van der Waals surface area contributed by atoms with Crippen molar-refractivity contribution in [3.05, 3.63) is 11.1 Å². The number of rotatable bonds is 10. The molecule has 1 aromatic rings. The van der Waals surface area contributed by atoms with E-state index >= 15 is 0 Å². The molecule has 1 rings (SSSR count). The maximum Gasteiger partial charge on any atom is 0.353 e. The lowest BCUT2D eigenvalue weighted by Gasteiger charge is -2.28. The molecule has 1 heterocycles. The molecule has 0 spiro atoms. The van der Waals surface area contributed by atoms with E-state index < -0.39 is 62.7 Å². The van der Waals surface area contributed by atoms with Crippen LogP contribution in [0.1, 0.15) is 68.0 Å². The summed E-state index contributed by atoms with van der Waals surface area (Å²) in [6.07, 6.45) is 0. The minimum atomic E-state index is -4.75. The van der Waals surface area contributed by atoms with Gasteiger partial charge in [-0.1, -0.05) is 5.16 Å². The van der Waals surface area contributed by atoms with Crippen LogP contribution in [-0.4, -0.2) is 70.4 Å². The first-order chi connectivity index (χ1) is 16.5. The minimum absolute atomic E-state index is 0.0432. The van der Waals surface area contributed by atoms with E-state index in [1.807, 2.05) is 4.72 Å². The zero-order valence-electron chi connectivity index (χ0n) is 22.2. The molecule has 1 aromatic heterocycles. The molecule has 14 nitrogen and oxygen atoms in total. The molecule has 37 heavy (non-hydrogen) atoms. The predicted octanol–water partition coefficient (Wildman–Crippen LogP) is 1.17. The molecular formula is C21H35N5O9S2. The van der Waals surface area contributed by atoms with Gasteiger partial charge < -0.3 is 25.4 Å². The average Bonchev–Trinajstić information content (AvgIpc) is 3.07. The molecule has 0 unspecified atom stereocenters. The maximum atomic E-state index is 13.3. The van der Waals surface area contributed by atoms with E-state index in [9.17, 15) is 22.8 Å². The van der Waals surface area contributed by atoms with Crippen LogP contribution in [0.25, 0.3) is 0 Å². The SMILES string of the molecule is C[C@H](NS(=O)(=O)O)[C@@H](NC(=O)/C(=N\OC(C)(C)C(=O)OC(C)(C)C)c1csc(N)n1)C(=O)OC(C)(C)C. The van der Waals surface area contributed by atoms with Gasteiger partial charge in [-0.25, -0.2) is 14.6 Å². The Morgan fingerprint density at radius 3 is 2.05 bits per heavy atom. The molecule has 0 saturated heterocycles. The van der Waals surface area contributed by atoms with Crippen LogP contribution < -0.4 is 15.8 Å². The third-order valence-electron chi connectivity index (χ3n) is 4.02. The number of oxime groups is 1. The standard InChI is InChI=1S/C21H35N5O9S2/c1-11(26-37(30,31)32)13(16(28)33-19(2,3)4)24-15(27)14(12-10-36-18(22)23-12)25-35-21(8,9)17(29)34-20(5,6)7/h10-11,13,26H,1-9H3,(H2,22,23)(H,24,27)(H,30,31,32)/b25-14-/t11-,13+/m0/s1. The number of nitrogens with one attached hydrogen (secondary N) is 2. The minimum Gasteiger partial charge on any atom is -0.458 e. The third-order valence-corrected chi connectivity index (χ3v) is 5.36. The summed E-state index contributed by atoms with van der Waals surface area (Å²) in [6, 6.07) is -2.97. The summed E-state index contributed by atoms with van der Waals surface area (Å²) in [4.78, 5) is 47.9. The van der Waals surface area contributed by atoms with Crippen molar-refractivity contribution < 1.29 is 41.7 Å². The first kappa shape index (κ1) is 32.2. The van der Waals surface area contributed by atoms with E-state index in [4.69, 9.17) is 24.6 Å². The Morgan fingerprint density at radius 1 is 1.08 bits per heavy atom. The first-order valence-corrected chi connectivity index (χ1v) is 13.3. The van der Waals surface area contributed by atoms with Crippen LogP contribution in [0, 0.1) is 0 Å². The second-order valence-electron chi connectivity index (χ2n) is 10.5. The number of nitrogen functional groups attached to an aromatic ring is 1. The normalized spacial score (nSPS) is 14.9. The molecule has 0 aromatic carbocycles. The largest absolute Gasteiger partial charge is 0.458 e. The third kappa shape index (κ3) is 11.4. The van der Waals surface area contributed by atoms with Gasteiger partial charge in [-0.05, 0) is 62.3 Å². The fraction of sp³-hybridized carbons (Fsp3) is 0.667. The topological polar surface area (TPSA) is 209 Å². The number of aromatic nitrogens is 1. The Balaban J connectivity index is 3.38. The van der Waals surface area contributed by atoms with Gasteiger partial charge in [0.2, 0.25) is 5.60 Å². The van der Waals surface area contributed by atoms with Crippen molar-refractivity contribution in [3.63, 3.8) is 0 Å². The number of amides is 1. The van der Waals surface area contributed by atoms with Crippen LogP contribution in [0.4, 0.5) is 5.13 Å². The molecular weight excluding hydrogens is 530 g/mol. The van der Waals surface area contributed by atoms with Crippen LogP contribution in [-0.2, 0) is 39.0 Å². The van der Waals surface area contributed by atoms with Crippen molar-refractivity contribution >= 4 is 50.3 Å². The molecule has 0 bridgehead atoms. The highest BCUT2D eigenvalue weighted by molar-refractivity contribution is 7.83. The van der Waals surface area contributed by atoms with Crippen LogP contribution >= 0.6 is 11.3 Å². The monoisotopic (exact) mass is 565 g/mol. The van der Waals surface area contributed by atoms with Crippen molar-refractivity contribution in [1.29, 1.82) is 0 Å². The lowest BCUT2D eigenvalue weighted by molar-refractivity contribution is -0.179. The van der Waals surface area contributed by atoms with E-state index in [2.05, 4.69) is 15.5 Å². The molecule has 0 fully saturated rings. The number of hydrogen-bond donors (Lipinski definition) is 4. The van der Waals surface area contributed by atoms with Gasteiger partial charge in [0.25, 0.3) is 5.91 Å². The van der Waals surface area contributed by atoms with Gasteiger partial charge >= 0.3 is 22.2 Å². The van der Waals surface area contributed by atoms with Gasteiger partial charge in [0.15, 0.2) is 10.8 Å². The highest BCUT2D eigenvalue weighted by atomic mass is 32.2. The van der Waals surface area contributed by atoms with E-state index in [-0.39, 0.29) is 10.8 Å². The number of anilines is 1. The van der Waals surface area contributed by atoms with Crippen LogP contribution in [0.5, 0.6) is 0 Å². The fourth-order valence-electron chi connectivity index (χ4n) is 2.46. The summed E-state index contributed by atoms with van der Waals surface area (Å²) >= 11 is 0.987. The van der Waals surface area contributed by atoms with Gasteiger partial charge in [-0.3, -0.25) is 9.35 Å². The summed E-state index contributed by atoms with van der Waals surface area (Å²) in [5.41, 5.74) is 1.72. The Kier molecular flexibility index (Phi) is 10.2. The molecule has 0 radical (unpaired) electrons. The van der Waals surface area contributed by atoms with E-state index in [1.165, 1.54) is 26.2 Å². The number of carbonyl (C=O) groups excluding carboxylic acids is 3. The van der Waals surface area contributed by atoms with Crippen LogP contribution in [0.3, 0.4) is 0 Å². The quantitative estimate of drug-likeness (QED) is 0.137. The summed E-state index contributed by atoms with van der Waals surface area (Å²) in [7, 11) is -4.75. The number of esters is 2. The number of ether oxygens (including phenoxy) is 2. The first-order valence-electron chi connectivity index (χ1n) is 11.0. The smallest absolute Gasteiger partial charge is 0.353 e. The van der Waals surface area contributed by atoms with Crippen molar-refractivity contribution in [2.24, 2.45) is 5.16 Å². The summed E-state index contributed by atoms with van der Waals surface area (Å²) in [5, 5.41) is 7.60. The fourth-order valence-corrected chi connectivity index (χ4v) is 3.62. The van der Waals surface area contributed by atoms with Gasteiger partial charge in [0.1, 0.15) is 22.9 Å². The van der Waals surface area contributed by atoms with Gasteiger partial charge in [0, 0.05) is 5.38 Å². The van der Waals surface area contributed by atoms with Crippen molar-refractivity contribution in [2.45, 2.75) is 91.2 Å². The number of nitrogens with zero attached hydrogens (tertiary/aromatic N) is 2. The van der Waals surface area contributed by atoms with Crippen molar-refractivity contribution in [3.8, 4) is 0 Å². The van der Waals surface area contributed by atoms with Crippen molar-refractivity contribution in [2.75, 3.05) is 5.73 Å². The molecule has 0 aliphatic rings. The average molecular weight is 566 g/mol. The Hall–Kier alpha value is -2.82. The zero-order chi connectivity index (χ0) is 29.0. The lowest BCUT2D eigenvalue weighted by atomic mass is 10.1. The Labute approximate surface area is 220 Å². The molecule has 16 heteroatoms. The number of thiazole rings is 1. The van der Waals surface area contributed by atoms with Crippen LogP contribution in [0.2, 0.25) is 0 Å². The molecule has 0 aliphatic heterocycles. The summed E-state index contributed by atoms with van der Waals surface area (Å²) in [6.45, 7) is 13.7. The van der Waals surface area contributed by atoms with E-state index in [0.29, 0.717) is 0 Å². The van der Waals surface area contributed by atoms with Gasteiger partial charge in [0.05, 0.1) is 6.04 Å². The molecule has 2 atom stereocenters. The zero-order valence-corrected chi connectivity index (χ0v) is 23.9. The van der Waals surface area contributed by atoms with E-state index in [1.54, 1.807) is 41.5 Å². The summed E-state index contributed by atoms with van der Waals surface area (Å²) < 4.78 is 44.3. The van der Waals surface area contributed by atoms with Crippen molar-refractivity contribution in [1.82, 2.24) is 15.0 Å². The maximum absolute atomic E-state index is 13.3. The molecule has 0 saturated carbocycles. The number of nitrogens with two attached hydrogens (primary N) is 1. The summed E-state index contributed by atoms with van der Waals surface area (Å²) in [5.74, 6) is -2.80.